The number of rotatable bonds is 3. The monoisotopic (exact) mass is 387 g/mol. The van der Waals surface area contributed by atoms with Crippen molar-refractivity contribution in [1.82, 2.24) is 10.3 Å². The van der Waals surface area contributed by atoms with E-state index in [9.17, 15) is 19.7 Å². The van der Waals surface area contributed by atoms with Crippen LogP contribution in [0.2, 0.25) is 0 Å². The number of hydrogen-bond acceptors (Lipinski definition) is 6. The lowest BCUT2D eigenvalue weighted by atomic mass is 9.89. The molecule has 2 aromatic rings. The van der Waals surface area contributed by atoms with Crippen molar-refractivity contribution < 1.29 is 14.5 Å². The summed E-state index contributed by atoms with van der Waals surface area (Å²) in [5.41, 5.74) is 0.489. The number of likely N-dealkylation sites (N-methyl/N-ethyl adjacent to an activating group) is 1. The lowest BCUT2D eigenvalue weighted by Crippen LogP contribution is -2.27. The second-order valence-electron chi connectivity index (χ2n) is 4.95. The number of benzene rings is 1. The number of nitro groups is 1. The first kappa shape index (κ1) is 16.0. The zero-order valence-electron chi connectivity index (χ0n) is 12.4. The Balaban J connectivity index is 2.32. The number of Topliss-reactive ketones (excluding diaryl/α,β-unsaturated/α-hetero) is 2. The van der Waals surface area contributed by atoms with E-state index < -0.39 is 10.7 Å². The summed E-state index contributed by atoms with van der Waals surface area (Å²) >= 11 is 3.13. The molecular formula is C16H10BrN3O4. The predicted octanol–water partition coefficient (Wildman–Crippen LogP) is 2.86. The highest BCUT2D eigenvalue weighted by Crippen LogP contribution is 2.37. The van der Waals surface area contributed by atoms with Gasteiger partial charge in [0, 0.05) is 24.9 Å². The fourth-order valence-corrected chi connectivity index (χ4v) is 3.18. The van der Waals surface area contributed by atoms with Crippen LogP contribution in [0.25, 0.3) is 11.3 Å². The van der Waals surface area contributed by atoms with Gasteiger partial charge in [0.2, 0.25) is 11.6 Å². The summed E-state index contributed by atoms with van der Waals surface area (Å²) < 4.78 is 0.0790. The quantitative estimate of drug-likeness (QED) is 0.641. The number of nitrogens with one attached hydrogen (secondary N) is 1. The molecule has 0 bridgehead atoms. The highest BCUT2D eigenvalue weighted by atomic mass is 79.9. The van der Waals surface area contributed by atoms with Gasteiger partial charge in [-0.1, -0.05) is 12.1 Å². The standard InChI is InChI=1S/C16H10BrN3O4/c1-18-14-12(17)16(22)11-9(15(14)21)6-7-19-13(11)8-4-2-3-5-10(8)20(23)24/h2-7,18H,1H3. The first-order chi connectivity index (χ1) is 11.5. The average molecular weight is 388 g/mol. The smallest absolute Gasteiger partial charge is 0.278 e. The molecule has 0 spiro atoms. The van der Waals surface area contributed by atoms with Gasteiger partial charge in [0.15, 0.2) is 0 Å². The van der Waals surface area contributed by atoms with E-state index in [1.54, 1.807) is 6.07 Å². The van der Waals surface area contributed by atoms with Crippen LogP contribution in [-0.4, -0.2) is 28.5 Å². The number of nitrogens with zero attached hydrogens (tertiary/aromatic N) is 2. The molecule has 1 aliphatic carbocycles. The SMILES string of the molecule is CNC1=C(Br)C(=O)c2c(ccnc2-c2ccccc2[N+](=O)[O-])C1=O. The maximum absolute atomic E-state index is 12.7. The Labute approximate surface area is 144 Å². The molecule has 0 unspecified atom stereocenters. The summed E-state index contributed by atoms with van der Waals surface area (Å²) in [5.74, 6) is -0.823. The molecule has 0 saturated carbocycles. The van der Waals surface area contributed by atoms with E-state index in [0.717, 1.165) is 0 Å². The Morgan fingerprint density at radius 1 is 1.12 bits per heavy atom. The Bertz CT molecular complexity index is 937. The fraction of sp³-hybridized carbons (Fsp3) is 0.0625. The van der Waals surface area contributed by atoms with Crippen LogP contribution in [0.4, 0.5) is 5.69 Å². The average Bonchev–Trinajstić information content (AvgIpc) is 2.59. The van der Waals surface area contributed by atoms with E-state index in [2.05, 4.69) is 26.2 Å². The molecule has 0 saturated heterocycles. The Morgan fingerprint density at radius 3 is 2.50 bits per heavy atom. The van der Waals surface area contributed by atoms with E-state index in [1.807, 2.05) is 0 Å². The molecule has 24 heavy (non-hydrogen) atoms. The first-order valence-corrected chi connectivity index (χ1v) is 7.66. The maximum Gasteiger partial charge on any atom is 0.278 e. The number of halogens is 1. The highest BCUT2D eigenvalue weighted by Gasteiger charge is 2.34. The van der Waals surface area contributed by atoms with Gasteiger partial charge < -0.3 is 5.32 Å². The largest absolute Gasteiger partial charge is 0.384 e. The molecule has 0 amide bonds. The minimum Gasteiger partial charge on any atom is -0.384 e. The Kier molecular flexibility index (Phi) is 3.98. The number of aromatic nitrogens is 1. The van der Waals surface area contributed by atoms with E-state index in [0.29, 0.717) is 0 Å². The zero-order valence-corrected chi connectivity index (χ0v) is 14.0. The molecule has 8 heteroatoms. The molecule has 3 rings (SSSR count). The highest BCUT2D eigenvalue weighted by molar-refractivity contribution is 9.12. The molecule has 0 atom stereocenters. The van der Waals surface area contributed by atoms with Crippen LogP contribution in [0.5, 0.6) is 0 Å². The van der Waals surface area contributed by atoms with Gasteiger partial charge in [-0.3, -0.25) is 24.7 Å². The van der Waals surface area contributed by atoms with Crippen molar-refractivity contribution in [3.8, 4) is 11.3 Å². The van der Waals surface area contributed by atoms with Gasteiger partial charge in [-0.15, -0.1) is 0 Å². The molecule has 1 heterocycles. The van der Waals surface area contributed by atoms with Crippen LogP contribution in [0.15, 0.2) is 46.7 Å². The summed E-state index contributed by atoms with van der Waals surface area (Å²) in [5, 5.41) is 14.0. The predicted molar refractivity (Wildman–Crippen MR) is 90.0 cm³/mol. The number of carbonyl (C=O) groups is 2. The van der Waals surface area contributed by atoms with Crippen LogP contribution in [-0.2, 0) is 0 Å². The van der Waals surface area contributed by atoms with Crippen molar-refractivity contribution in [3.63, 3.8) is 0 Å². The second-order valence-corrected chi connectivity index (χ2v) is 5.75. The van der Waals surface area contributed by atoms with E-state index in [4.69, 9.17) is 0 Å². The van der Waals surface area contributed by atoms with Crippen LogP contribution in [0.1, 0.15) is 20.7 Å². The number of allylic oxidation sites excluding steroid dienone is 2. The van der Waals surface area contributed by atoms with E-state index in [-0.39, 0.29) is 44.0 Å². The molecule has 0 aliphatic heterocycles. The molecule has 1 aromatic carbocycles. The molecule has 1 N–H and O–H groups in total. The van der Waals surface area contributed by atoms with Crippen LogP contribution in [0.3, 0.4) is 0 Å². The van der Waals surface area contributed by atoms with Crippen molar-refractivity contribution in [2.24, 2.45) is 0 Å². The van der Waals surface area contributed by atoms with Crippen LogP contribution >= 0.6 is 15.9 Å². The number of carbonyl (C=O) groups excluding carboxylic acids is 2. The lowest BCUT2D eigenvalue weighted by molar-refractivity contribution is -0.384. The number of pyridine rings is 1. The minimum atomic E-state index is -0.546. The number of hydrogen-bond donors (Lipinski definition) is 1. The van der Waals surface area contributed by atoms with Gasteiger partial charge in [-0.2, -0.15) is 0 Å². The Hall–Kier alpha value is -2.87. The number of ketones is 2. The first-order valence-electron chi connectivity index (χ1n) is 6.87. The van der Waals surface area contributed by atoms with Gasteiger partial charge >= 0.3 is 0 Å². The van der Waals surface area contributed by atoms with Crippen LogP contribution < -0.4 is 5.32 Å². The van der Waals surface area contributed by atoms with Crippen LogP contribution in [0, 0.1) is 10.1 Å². The zero-order chi connectivity index (χ0) is 17.4. The van der Waals surface area contributed by atoms with Crippen molar-refractivity contribution in [1.29, 1.82) is 0 Å². The third-order valence-corrected chi connectivity index (χ3v) is 4.43. The summed E-state index contributed by atoms with van der Waals surface area (Å²) in [6, 6.07) is 7.41. The third kappa shape index (κ3) is 2.31. The lowest BCUT2D eigenvalue weighted by Gasteiger charge is -2.19. The summed E-state index contributed by atoms with van der Waals surface area (Å²) in [7, 11) is 1.54. The molecule has 1 aromatic heterocycles. The molecule has 7 nitrogen and oxygen atoms in total. The van der Waals surface area contributed by atoms with Gasteiger partial charge in [0.05, 0.1) is 26.2 Å². The molecular weight excluding hydrogens is 378 g/mol. The Morgan fingerprint density at radius 2 is 1.83 bits per heavy atom. The summed E-state index contributed by atoms with van der Waals surface area (Å²) in [4.78, 5) is 40.1. The van der Waals surface area contributed by atoms with Gasteiger partial charge in [-0.05, 0) is 28.1 Å². The topological polar surface area (TPSA) is 102 Å². The number of fused-ring (bicyclic) bond motifs is 1. The minimum absolute atomic E-state index is 0.0580. The number of nitro benzene ring substituents is 1. The van der Waals surface area contributed by atoms with E-state index >= 15 is 0 Å². The van der Waals surface area contributed by atoms with Crippen molar-refractivity contribution in [2.75, 3.05) is 7.05 Å². The number of para-hydroxylation sites is 1. The van der Waals surface area contributed by atoms with Crippen molar-refractivity contribution in [2.45, 2.75) is 0 Å². The van der Waals surface area contributed by atoms with E-state index in [1.165, 1.54) is 37.5 Å². The molecule has 120 valence electrons. The summed E-state index contributed by atoms with van der Waals surface area (Å²) in [6.07, 6.45) is 1.36. The fourth-order valence-electron chi connectivity index (χ4n) is 2.60. The molecule has 1 aliphatic rings. The normalized spacial score (nSPS) is 13.8. The van der Waals surface area contributed by atoms with Gasteiger partial charge in [-0.25, -0.2) is 0 Å². The second kappa shape index (κ2) is 5.97. The summed E-state index contributed by atoms with van der Waals surface area (Å²) in [6.45, 7) is 0. The maximum atomic E-state index is 12.7. The van der Waals surface area contributed by atoms with Crippen molar-refractivity contribution >= 4 is 33.2 Å². The van der Waals surface area contributed by atoms with Crippen molar-refractivity contribution in [3.05, 3.63) is 67.9 Å². The third-order valence-electron chi connectivity index (χ3n) is 3.67. The molecule has 0 fully saturated rings. The molecule has 0 radical (unpaired) electrons. The van der Waals surface area contributed by atoms with Gasteiger partial charge in [0.25, 0.3) is 5.69 Å². The van der Waals surface area contributed by atoms with Gasteiger partial charge in [0.1, 0.15) is 5.70 Å².